The van der Waals surface area contributed by atoms with Gasteiger partial charge < -0.3 is 4.84 Å². The van der Waals surface area contributed by atoms with Gasteiger partial charge in [-0.25, -0.2) is 4.79 Å². The highest BCUT2D eigenvalue weighted by Gasteiger charge is 2.48. The fourth-order valence-electron chi connectivity index (χ4n) is 1.91. The van der Waals surface area contributed by atoms with Crippen molar-refractivity contribution in [1.29, 1.82) is 0 Å². The summed E-state index contributed by atoms with van der Waals surface area (Å²) in [6.07, 6.45) is 2.56. The van der Waals surface area contributed by atoms with E-state index >= 15 is 0 Å². The molecule has 1 fully saturated rings. The average molecular weight is 321 g/mol. The zero-order valence-electron chi connectivity index (χ0n) is 11.9. The van der Waals surface area contributed by atoms with E-state index in [9.17, 15) is 22.8 Å². The number of amides is 2. The third-order valence-corrected chi connectivity index (χ3v) is 4.33. The Labute approximate surface area is 123 Å². The monoisotopic (exact) mass is 321 g/mol. The first-order valence-corrected chi connectivity index (χ1v) is 8.23. The van der Waals surface area contributed by atoms with Crippen LogP contribution in [0.2, 0.25) is 0 Å². The highest BCUT2D eigenvalue weighted by atomic mass is 32.2. The minimum absolute atomic E-state index is 0.136. The van der Waals surface area contributed by atoms with Crippen molar-refractivity contribution in [2.24, 2.45) is 5.92 Å². The van der Waals surface area contributed by atoms with Crippen LogP contribution >= 0.6 is 0 Å². The van der Waals surface area contributed by atoms with Gasteiger partial charge in [0.1, 0.15) is 0 Å². The van der Waals surface area contributed by atoms with Crippen molar-refractivity contribution in [1.82, 2.24) is 5.06 Å². The molecule has 0 spiro atoms. The van der Waals surface area contributed by atoms with E-state index in [1.54, 1.807) is 6.92 Å². The van der Waals surface area contributed by atoms with E-state index in [1.807, 2.05) is 6.92 Å². The molecule has 1 N–H and O–H groups in total. The second-order valence-corrected chi connectivity index (χ2v) is 6.64. The second kappa shape index (κ2) is 6.99. The van der Waals surface area contributed by atoms with Crippen LogP contribution in [-0.4, -0.2) is 41.1 Å². The molecule has 2 atom stereocenters. The summed E-state index contributed by atoms with van der Waals surface area (Å²) >= 11 is 0. The maximum Gasteiger partial charge on any atom is 0.335 e. The summed E-state index contributed by atoms with van der Waals surface area (Å²) in [7, 11) is -4.69. The Morgan fingerprint density at radius 3 is 2.52 bits per heavy atom. The number of hydroxylamine groups is 2. The average Bonchev–Trinajstić information content (AvgIpc) is 2.66. The van der Waals surface area contributed by atoms with Crippen LogP contribution in [0.25, 0.3) is 0 Å². The minimum Gasteiger partial charge on any atom is -0.330 e. The molecule has 1 heterocycles. The predicted octanol–water partition coefficient (Wildman–Crippen LogP) is 0.676. The number of carbonyl (C=O) groups excluding carboxylic acids is 3. The van der Waals surface area contributed by atoms with E-state index in [1.165, 1.54) is 0 Å². The molecule has 0 bridgehead atoms. The standard InChI is InChI=1S/C12H19NO7S/c1-3-4-5-6-8(2)12(16)20-13-10(14)7-9(11(13)15)21(17,18)19/h8-9H,3-7H2,1-2H3,(H,17,18,19). The third kappa shape index (κ3) is 4.50. The lowest BCUT2D eigenvalue weighted by molar-refractivity contribution is -0.200. The van der Waals surface area contributed by atoms with E-state index in [0.29, 0.717) is 6.42 Å². The van der Waals surface area contributed by atoms with Crippen LogP contribution in [0.4, 0.5) is 0 Å². The van der Waals surface area contributed by atoms with Crippen molar-refractivity contribution in [2.75, 3.05) is 0 Å². The maximum atomic E-state index is 11.8. The number of hydrogen-bond acceptors (Lipinski definition) is 6. The van der Waals surface area contributed by atoms with Crippen molar-refractivity contribution >= 4 is 27.9 Å². The van der Waals surface area contributed by atoms with Gasteiger partial charge in [0.2, 0.25) is 0 Å². The summed E-state index contributed by atoms with van der Waals surface area (Å²) in [4.78, 5) is 39.6. The van der Waals surface area contributed by atoms with Crippen LogP contribution in [0.15, 0.2) is 0 Å². The van der Waals surface area contributed by atoms with E-state index in [-0.39, 0.29) is 5.06 Å². The number of hydrogen-bond donors (Lipinski definition) is 1. The van der Waals surface area contributed by atoms with Crippen molar-refractivity contribution in [3.8, 4) is 0 Å². The molecule has 21 heavy (non-hydrogen) atoms. The predicted molar refractivity (Wildman–Crippen MR) is 71.2 cm³/mol. The van der Waals surface area contributed by atoms with Gasteiger partial charge in [0.15, 0.2) is 5.25 Å². The first-order valence-electron chi connectivity index (χ1n) is 6.73. The summed E-state index contributed by atoms with van der Waals surface area (Å²) in [5.74, 6) is -3.49. The van der Waals surface area contributed by atoms with Crippen molar-refractivity contribution in [2.45, 2.75) is 51.2 Å². The Morgan fingerprint density at radius 1 is 1.43 bits per heavy atom. The van der Waals surface area contributed by atoms with Crippen LogP contribution in [0, 0.1) is 5.92 Å². The molecule has 120 valence electrons. The Bertz CT molecular complexity index is 528. The van der Waals surface area contributed by atoms with Crippen molar-refractivity contribution in [3.05, 3.63) is 0 Å². The van der Waals surface area contributed by atoms with Gasteiger partial charge in [0.05, 0.1) is 12.3 Å². The quantitative estimate of drug-likeness (QED) is 0.416. The lowest BCUT2D eigenvalue weighted by Crippen LogP contribution is -2.37. The van der Waals surface area contributed by atoms with Crippen molar-refractivity contribution in [3.63, 3.8) is 0 Å². The van der Waals surface area contributed by atoms with Gasteiger partial charge in [0.25, 0.3) is 21.9 Å². The molecule has 1 saturated heterocycles. The summed E-state index contributed by atoms with van der Waals surface area (Å²) < 4.78 is 30.7. The highest BCUT2D eigenvalue weighted by Crippen LogP contribution is 2.21. The molecular formula is C12H19NO7S. The van der Waals surface area contributed by atoms with Gasteiger partial charge in [-0.05, 0) is 6.42 Å². The molecule has 2 amide bonds. The molecule has 9 heteroatoms. The van der Waals surface area contributed by atoms with E-state index in [0.717, 1.165) is 19.3 Å². The largest absolute Gasteiger partial charge is 0.335 e. The zero-order valence-corrected chi connectivity index (χ0v) is 12.8. The molecule has 8 nitrogen and oxygen atoms in total. The Morgan fingerprint density at radius 2 is 2.05 bits per heavy atom. The van der Waals surface area contributed by atoms with Crippen LogP contribution < -0.4 is 0 Å². The van der Waals surface area contributed by atoms with Crippen LogP contribution in [-0.2, 0) is 29.3 Å². The molecule has 0 aromatic carbocycles. The number of nitrogens with zero attached hydrogens (tertiary/aromatic N) is 1. The highest BCUT2D eigenvalue weighted by molar-refractivity contribution is 7.87. The summed E-state index contributed by atoms with van der Waals surface area (Å²) in [6.45, 7) is 3.61. The molecule has 1 aliphatic rings. The van der Waals surface area contributed by atoms with Gasteiger partial charge in [0, 0.05) is 0 Å². The topological polar surface area (TPSA) is 118 Å². The zero-order chi connectivity index (χ0) is 16.2. The van der Waals surface area contributed by atoms with Crippen molar-refractivity contribution < 1.29 is 32.2 Å². The second-order valence-electron chi connectivity index (χ2n) is 5.04. The van der Waals surface area contributed by atoms with Gasteiger partial charge in [-0.1, -0.05) is 33.1 Å². The summed E-state index contributed by atoms with van der Waals surface area (Å²) in [5, 5.41) is -1.76. The smallest absolute Gasteiger partial charge is 0.330 e. The molecule has 0 aromatic rings. The number of rotatable bonds is 7. The molecule has 1 rings (SSSR count). The van der Waals surface area contributed by atoms with Gasteiger partial charge in [-0.2, -0.15) is 8.42 Å². The lowest BCUT2D eigenvalue weighted by Gasteiger charge is -2.16. The summed E-state index contributed by atoms with van der Waals surface area (Å²) in [5.41, 5.74) is 0. The third-order valence-electron chi connectivity index (χ3n) is 3.25. The van der Waals surface area contributed by atoms with E-state index in [2.05, 4.69) is 4.84 Å². The molecule has 0 saturated carbocycles. The Kier molecular flexibility index (Phi) is 5.85. The molecular weight excluding hydrogens is 302 g/mol. The van der Waals surface area contributed by atoms with Gasteiger partial charge >= 0.3 is 5.97 Å². The van der Waals surface area contributed by atoms with Crippen LogP contribution in [0.1, 0.15) is 46.0 Å². The summed E-state index contributed by atoms with van der Waals surface area (Å²) in [6, 6.07) is 0. The molecule has 1 aliphatic heterocycles. The van der Waals surface area contributed by atoms with Gasteiger partial charge in [-0.3, -0.25) is 14.1 Å². The van der Waals surface area contributed by atoms with E-state index in [4.69, 9.17) is 4.55 Å². The molecule has 0 radical (unpaired) electrons. The molecule has 0 aromatic heterocycles. The minimum atomic E-state index is -4.69. The molecule has 2 unspecified atom stereocenters. The fourth-order valence-corrected chi connectivity index (χ4v) is 2.61. The van der Waals surface area contributed by atoms with Crippen LogP contribution in [0.3, 0.4) is 0 Å². The first kappa shape index (κ1) is 17.6. The fraction of sp³-hybridized carbons (Fsp3) is 0.750. The number of unbranched alkanes of at least 4 members (excludes halogenated alkanes) is 2. The van der Waals surface area contributed by atoms with Crippen LogP contribution in [0.5, 0.6) is 0 Å². The van der Waals surface area contributed by atoms with E-state index < -0.39 is 45.5 Å². The number of imide groups is 1. The maximum absolute atomic E-state index is 11.8. The van der Waals surface area contributed by atoms with Gasteiger partial charge in [-0.15, -0.1) is 5.06 Å². The first-order chi connectivity index (χ1) is 9.68. The number of carbonyl (C=O) groups is 3. The Balaban J connectivity index is 2.64. The molecule has 0 aliphatic carbocycles. The Hall–Kier alpha value is -1.48. The normalized spacial score (nSPS) is 20.7. The lowest BCUT2D eigenvalue weighted by atomic mass is 10.0. The SMILES string of the molecule is CCCCCC(C)C(=O)ON1C(=O)CC(S(=O)(=O)O)C1=O.